The Balaban J connectivity index is 0.000000444. The zero-order chi connectivity index (χ0) is 14.8. The van der Waals surface area contributed by atoms with Crippen molar-refractivity contribution >= 4 is 12.0 Å². The Kier molecular flexibility index (Phi) is 6.82. The van der Waals surface area contributed by atoms with Crippen LogP contribution in [0.3, 0.4) is 0 Å². The topological polar surface area (TPSA) is 59.8 Å². The van der Waals surface area contributed by atoms with Gasteiger partial charge in [0.2, 0.25) is 6.33 Å². The molecule has 0 atom stereocenters. The number of imidazole rings is 1. The van der Waals surface area contributed by atoms with Crippen LogP contribution < -0.4 is 9.67 Å². The van der Waals surface area contributed by atoms with E-state index in [2.05, 4.69) is 52.7 Å². The molecule has 0 unspecified atom stereocenters. The predicted molar refractivity (Wildman–Crippen MR) is 76.5 cm³/mol. The van der Waals surface area contributed by atoms with Crippen LogP contribution in [0.2, 0.25) is 0 Å². The molecule has 0 aliphatic carbocycles. The molecular weight excluding hydrogens is 252 g/mol. The standard InChI is InChI=1S/C14H16N2.C2H4O2/c1-2-14-11-16(12-15-14)10-6-9-13-7-4-3-5-8-13;1-2(3)4/h2-5,7-8,11-12H,1,6,9-10H2;1H3,(H,3,4). The highest BCUT2D eigenvalue weighted by Crippen LogP contribution is 2.02. The molecule has 2 aromatic rings. The first-order valence-electron chi connectivity index (χ1n) is 6.53. The highest BCUT2D eigenvalue weighted by Gasteiger charge is 2.01. The van der Waals surface area contributed by atoms with E-state index in [0.29, 0.717) is 0 Å². The number of hydrogen-bond donors (Lipinski definition) is 1. The molecule has 1 aromatic carbocycles. The van der Waals surface area contributed by atoms with Gasteiger partial charge in [-0.2, -0.15) is 0 Å². The number of aromatic amines is 1. The third-order valence-electron chi connectivity index (χ3n) is 2.65. The molecule has 1 N–H and O–H groups in total. The van der Waals surface area contributed by atoms with Crippen LogP contribution in [0.4, 0.5) is 0 Å². The molecule has 0 aliphatic heterocycles. The number of carbonyl (C=O) groups is 1. The number of H-pyrrole nitrogens is 1. The molecule has 0 aliphatic rings. The monoisotopic (exact) mass is 272 g/mol. The molecule has 0 amide bonds. The molecule has 0 spiro atoms. The van der Waals surface area contributed by atoms with E-state index in [1.54, 1.807) is 0 Å². The van der Waals surface area contributed by atoms with Crippen molar-refractivity contribution < 1.29 is 14.5 Å². The zero-order valence-electron chi connectivity index (χ0n) is 11.7. The summed E-state index contributed by atoms with van der Waals surface area (Å²) in [5, 5.41) is 8.89. The lowest BCUT2D eigenvalue weighted by Crippen LogP contribution is -2.30. The van der Waals surface area contributed by atoms with Crippen molar-refractivity contribution in [2.45, 2.75) is 26.3 Å². The van der Waals surface area contributed by atoms with Crippen molar-refractivity contribution in [1.82, 2.24) is 4.98 Å². The summed E-state index contributed by atoms with van der Waals surface area (Å²) in [6.45, 7) is 5.74. The number of carbonyl (C=O) groups excluding carboxylic acids is 1. The van der Waals surface area contributed by atoms with Crippen molar-refractivity contribution in [1.29, 1.82) is 0 Å². The minimum absolute atomic E-state index is 0.972. The van der Waals surface area contributed by atoms with E-state index in [1.807, 2.05) is 12.4 Å². The number of hydrogen-bond acceptors (Lipinski definition) is 2. The summed E-state index contributed by atoms with van der Waals surface area (Å²) in [5.41, 5.74) is 2.47. The fourth-order valence-corrected chi connectivity index (χ4v) is 1.76. The first-order valence-corrected chi connectivity index (χ1v) is 6.53. The Bertz CT molecular complexity index is 528. The van der Waals surface area contributed by atoms with E-state index in [-0.39, 0.29) is 0 Å². The smallest absolute Gasteiger partial charge is 0.242 e. The molecule has 4 nitrogen and oxygen atoms in total. The van der Waals surface area contributed by atoms with Gasteiger partial charge in [-0.25, -0.2) is 9.55 Å². The van der Waals surface area contributed by atoms with Gasteiger partial charge in [0, 0.05) is 5.97 Å². The van der Waals surface area contributed by atoms with Crippen LogP contribution in [-0.4, -0.2) is 11.0 Å². The number of nitrogens with one attached hydrogen (secondary N) is 1. The predicted octanol–water partition coefficient (Wildman–Crippen LogP) is 1.33. The third kappa shape index (κ3) is 6.54. The summed E-state index contributed by atoms with van der Waals surface area (Å²) in [4.78, 5) is 12.0. The second-order valence-corrected chi connectivity index (χ2v) is 4.38. The van der Waals surface area contributed by atoms with Crippen LogP contribution in [0.5, 0.6) is 0 Å². The highest BCUT2D eigenvalue weighted by molar-refractivity contribution is 5.60. The van der Waals surface area contributed by atoms with Crippen LogP contribution in [0.1, 0.15) is 24.6 Å². The van der Waals surface area contributed by atoms with E-state index in [4.69, 9.17) is 9.90 Å². The van der Waals surface area contributed by atoms with E-state index in [0.717, 1.165) is 32.0 Å². The fraction of sp³-hybridized carbons (Fsp3) is 0.250. The Morgan fingerprint density at radius 1 is 1.40 bits per heavy atom. The number of aryl methyl sites for hydroxylation is 2. The van der Waals surface area contributed by atoms with Gasteiger partial charge in [-0.1, -0.05) is 36.9 Å². The highest BCUT2D eigenvalue weighted by atomic mass is 16.4. The second-order valence-electron chi connectivity index (χ2n) is 4.38. The van der Waals surface area contributed by atoms with Crippen molar-refractivity contribution in [3.63, 3.8) is 0 Å². The molecule has 0 bridgehead atoms. The van der Waals surface area contributed by atoms with Gasteiger partial charge in [-0.15, -0.1) is 0 Å². The second kappa shape index (κ2) is 8.69. The number of aliphatic carboxylic acids is 1. The minimum atomic E-state index is -1.08. The summed E-state index contributed by atoms with van der Waals surface area (Å²) in [6, 6.07) is 10.6. The fourth-order valence-electron chi connectivity index (χ4n) is 1.76. The van der Waals surface area contributed by atoms with Crippen LogP contribution in [0, 0.1) is 0 Å². The summed E-state index contributed by atoms with van der Waals surface area (Å²) in [6.07, 6.45) is 8.18. The maximum absolute atomic E-state index is 8.89. The van der Waals surface area contributed by atoms with E-state index < -0.39 is 5.97 Å². The molecule has 0 radical (unpaired) electrons. The van der Waals surface area contributed by atoms with Crippen molar-refractivity contribution in [2.75, 3.05) is 0 Å². The largest absolute Gasteiger partial charge is 0.550 e. The molecular formula is C16H20N2O2. The van der Waals surface area contributed by atoms with E-state index >= 15 is 0 Å². The van der Waals surface area contributed by atoms with Crippen molar-refractivity contribution in [3.8, 4) is 0 Å². The zero-order valence-corrected chi connectivity index (χ0v) is 11.7. The molecule has 0 saturated heterocycles. The molecule has 106 valence electrons. The van der Waals surface area contributed by atoms with Gasteiger partial charge in [0.1, 0.15) is 6.20 Å². The van der Waals surface area contributed by atoms with Gasteiger partial charge in [0.25, 0.3) is 0 Å². The van der Waals surface area contributed by atoms with Gasteiger partial charge in [-0.05, 0) is 31.4 Å². The number of nitrogens with zero attached hydrogens (tertiary/aromatic N) is 1. The molecule has 20 heavy (non-hydrogen) atoms. The Hall–Kier alpha value is -2.36. The van der Waals surface area contributed by atoms with Crippen LogP contribution in [-0.2, 0) is 17.8 Å². The van der Waals surface area contributed by atoms with Crippen LogP contribution in [0.25, 0.3) is 6.08 Å². The number of benzene rings is 1. The lowest BCUT2D eigenvalue weighted by Gasteiger charge is -1.98. The lowest BCUT2D eigenvalue weighted by atomic mass is 10.1. The van der Waals surface area contributed by atoms with Crippen LogP contribution >= 0.6 is 0 Å². The van der Waals surface area contributed by atoms with Crippen LogP contribution in [0.15, 0.2) is 49.4 Å². The quantitative estimate of drug-likeness (QED) is 0.835. The van der Waals surface area contributed by atoms with E-state index in [1.165, 1.54) is 5.56 Å². The first-order chi connectivity index (χ1) is 9.61. The van der Waals surface area contributed by atoms with E-state index in [9.17, 15) is 0 Å². The third-order valence-corrected chi connectivity index (χ3v) is 2.65. The first kappa shape index (κ1) is 15.7. The molecule has 0 saturated carbocycles. The normalized spacial score (nSPS) is 9.45. The maximum atomic E-state index is 8.89. The van der Waals surface area contributed by atoms with Gasteiger partial charge in [0.05, 0.1) is 6.54 Å². The molecule has 1 heterocycles. The summed E-state index contributed by atoms with van der Waals surface area (Å²) in [5.74, 6) is -1.08. The Labute approximate surface area is 119 Å². The SMILES string of the molecule is C=Cc1c[n+](CCCc2ccccc2)c[nH]1.CC(=O)[O-]. The Morgan fingerprint density at radius 2 is 2.05 bits per heavy atom. The summed E-state index contributed by atoms with van der Waals surface area (Å²) < 4.78 is 2.17. The summed E-state index contributed by atoms with van der Waals surface area (Å²) in [7, 11) is 0. The van der Waals surface area contributed by atoms with Gasteiger partial charge in [-0.3, -0.25) is 0 Å². The molecule has 1 aromatic heterocycles. The average molecular weight is 272 g/mol. The number of rotatable bonds is 5. The molecule has 4 heteroatoms. The number of carboxylic acid groups (broad SMARTS) is 1. The van der Waals surface area contributed by atoms with Crippen molar-refractivity contribution in [2.24, 2.45) is 0 Å². The van der Waals surface area contributed by atoms with Crippen molar-refractivity contribution in [3.05, 3.63) is 60.7 Å². The van der Waals surface area contributed by atoms with Gasteiger partial charge < -0.3 is 9.90 Å². The summed E-state index contributed by atoms with van der Waals surface area (Å²) >= 11 is 0. The number of aromatic nitrogens is 2. The Morgan fingerprint density at radius 3 is 2.60 bits per heavy atom. The van der Waals surface area contributed by atoms with Gasteiger partial charge in [0.15, 0.2) is 5.69 Å². The maximum Gasteiger partial charge on any atom is 0.242 e. The average Bonchev–Trinajstić information content (AvgIpc) is 2.87. The molecule has 0 fully saturated rings. The van der Waals surface area contributed by atoms with Gasteiger partial charge >= 0.3 is 0 Å². The number of carboxylic acids is 1. The minimum Gasteiger partial charge on any atom is -0.550 e. The lowest BCUT2D eigenvalue weighted by molar-refractivity contribution is -0.696. The molecule has 2 rings (SSSR count).